The molecule has 2 heterocycles. The van der Waals surface area contributed by atoms with Gasteiger partial charge >= 0.3 is 0 Å². The highest BCUT2D eigenvalue weighted by Crippen LogP contribution is 2.58. The zero-order chi connectivity index (χ0) is 14.6. The number of ether oxygens (including phenoxy) is 2. The van der Waals surface area contributed by atoms with E-state index in [9.17, 15) is 0 Å². The van der Waals surface area contributed by atoms with Crippen LogP contribution < -0.4 is 15.2 Å². The molecule has 0 amide bonds. The smallest absolute Gasteiger partial charge is 0.188 e. The number of benzene rings is 1. The van der Waals surface area contributed by atoms with Gasteiger partial charge in [-0.05, 0) is 25.3 Å². The molecular weight excluding hydrogens is 266 g/mol. The van der Waals surface area contributed by atoms with Gasteiger partial charge in [-0.1, -0.05) is 18.6 Å². The van der Waals surface area contributed by atoms with Crippen LogP contribution in [0.5, 0.6) is 11.5 Å². The Morgan fingerprint density at radius 1 is 1.48 bits per heavy atom. The Labute approximate surface area is 124 Å². The van der Waals surface area contributed by atoms with Crippen molar-refractivity contribution in [3.63, 3.8) is 0 Å². The zero-order valence-electron chi connectivity index (χ0n) is 12.3. The summed E-state index contributed by atoms with van der Waals surface area (Å²) in [7, 11) is 1.69. The van der Waals surface area contributed by atoms with Gasteiger partial charge in [0.05, 0.1) is 13.2 Å². The highest BCUT2D eigenvalue weighted by atomic mass is 16.5. The van der Waals surface area contributed by atoms with Gasteiger partial charge in [0.15, 0.2) is 17.5 Å². The molecule has 3 aliphatic rings. The summed E-state index contributed by atoms with van der Waals surface area (Å²) in [6, 6.07) is 6.32. The van der Waals surface area contributed by atoms with E-state index in [0.29, 0.717) is 0 Å². The maximum absolute atomic E-state index is 7.88. The topological polar surface area (TPSA) is 71.6 Å². The molecule has 112 valence electrons. The van der Waals surface area contributed by atoms with Crippen LogP contribution in [0.2, 0.25) is 0 Å². The van der Waals surface area contributed by atoms with Gasteiger partial charge in [-0.3, -0.25) is 5.41 Å². The van der Waals surface area contributed by atoms with Crippen LogP contribution in [0.25, 0.3) is 0 Å². The second-order valence-corrected chi connectivity index (χ2v) is 6.29. The third-order valence-electron chi connectivity index (χ3n) is 5.41. The Morgan fingerprint density at radius 3 is 3.10 bits per heavy atom. The number of nitrogens with one attached hydrogen (secondary N) is 1. The lowest BCUT2D eigenvalue weighted by molar-refractivity contribution is 0.0150. The van der Waals surface area contributed by atoms with E-state index in [1.807, 2.05) is 17.0 Å². The molecule has 2 aliphatic heterocycles. The summed E-state index contributed by atoms with van der Waals surface area (Å²) < 4.78 is 12.0. The van der Waals surface area contributed by atoms with Gasteiger partial charge < -0.3 is 20.1 Å². The summed E-state index contributed by atoms with van der Waals surface area (Å²) in [6.07, 6.45) is 4.44. The molecule has 5 heteroatoms. The molecule has 1 aromatic carbocycles. The number of nitrogens with two attached hydrogens (primary N) is 1. The minimum Gasteiger partial charge on any atom is -0.493 e. The largest absolute Gasteiger partial charge is 0.493 e. The van der Waals surface area contributed by atoms with Crippen LogP contribution in [0.15, 0.2) is 18.2 Å². The molecule has 4 rings (SSSR count). The monoisotopic (exact) mass is 287 g/mol. The van der Waals surface area contributed by atoms with Crippen LogP contribution in [0.4, 0.5) is 0 Å². The Balaban J connectivity index is 1.82. The summed E-state index contributed by atoms with van der Waals surface area (Å²) >= 11 is 0. The fourth-order valence-corrected chi connectivity index (χ4v) is 4.54. The first-order valence-electron chi connectivity index (χ1n) is 7.64. The number of hydrogen-bond donors (Lipinski definition) is 2. The number of likely N-dealkylation sites (tertiary alicyclic amines) is 1. The number of guanidine groups is 1. The van der Waals surface area contributed by atoms with Crippen molar-refractivity contribution in [3.8, 4) is 11.5 Å². The van der Waals surface area contributed by atoms with Crippen LogP contribution in [0, 0.1) is 5.41 Å². The second kappa shape index (κ2) is 4.29. The molecule has 5 nitrogen and oxygen atoms in total. The number of hydrogen-bond acceptors (Lipinski definition) is 3. The predicted molar refractivity (Wildman–Crippen MR) is 80.0 cm³/mol. The third-order valence-corrected chi connectivity index (χ3v) is 5.41. The highest BCUT2D eigenvalue weighted by Gasteiger charge is 2.62. The Morgan fingerprint density at radius 2 is 2.33 bits per heavy atom. The third kappa shape index (κ3) is 1.54. The lowest BCUT2D eigenvalue weighted by Crippen LogP contribution is -2.53. The lowest BCUT2D eigenvalue weighted by atomic mass is 9.74. The van der Waals surface area contributed by atoms with Crippen molar-refractivity contribution in [2.24, 2.45) is 5.73 Å². The number of methoxy groups -OCH3 is 1. The summed E-state index contributed by atoms with van der Waals surface area (Å²) in [6.45, 7) is 0.778. The molecule has 3 N–H and O–H groups in total. The maximum atomic E-state index is 7.88. The molecular formula is C16H21N3O2. The lowest BCUT2D eigenvalue weighted by Gasteiger charge is -2.40. The van der Waals surface area contributed by atoms with Crippen LogP contribution >= 0.6 is 0 Å². The molecule has 1 aromatic rings. The molecule has 3 atom stereocenters. The minimum absolute atomic E-state index is 0.170. The van der Waals surface area contributed by atoms with Gasteiger partial charge in [-0.15, -0.1) is 0 Å². The van der Waals surface area contributed by atoms with Crippen molar-refractivity contribution in [2.75, 3.05) is 13.7 Å². The fraction of sp³-hybridized carbons (Fsp3) is 0.562. The SMILES string of the molecule is COc1cccc2c1O[C@]13CCCC[C@H]1N(C(=N)N)C[C@@H]23. The van der Waals surface area contributed by atoms with Crippen LogP contribution in [0.1, 0.15) is 37.2 Å². The van der Waals surface area contributed by atoms with Crippen molar-refractivity contribution in [1.82, 2.24) is 4.90 Å². The summed E-state index contributed by atoms with van der Waals surface area (Å²) in [5, 5.41) is 7.88. The van der Waals surface area contributed by atoms with E-state index in [-0.39, 0.29) is 23.5 Å². The Hall–Kier alpha value is -1.91. The Kier molecular flexibility index (Phi) is 2.62. The quantitative estimate of drug-likeness (QED) is 0.612. The molecule has 1 spiro atoms. The molecule has 2 fully saturated rings. The van der Waals surface area contributed by atoms with E-state index >= 15 is 0 Å². The first-order valence-corrected chi connectivity index (χ1v) is 7.64. The normalized spacial score (nSPS) is 32.9. The number of para-hydroxylation sites is 1. The van der Waals surface area contributed by atoms with Crippen LogP contribution in [-0.4, -0.2) is 36.2 Å². The van der Waals surface area contributed by atoms with E-state index in [0.717, 1.165) is 30.9 Å². The van der Waals surface area contributed by atoms with Crippen LogP contribution in [0.3, 0.4) is 0 Å². The van der Waals surface area contributed by atoms with Crippen molar-refractivity contribution in [3.05, 3.63) is 23.8 Å². The first kappa shape index (κ1) is 12.8. The Bertz CT molecular complexity index is 603. The zero-order valence-corrected chi connectivity index (χ0v) is 12.3. The summed E-state index contributed by atoms with van der Waals surface area (Å²) in [5.41, 5.74) is 6.80. The maximum Gasteiger partial charge on any atom is 0.188 e. The number of fused-ring (bicyclic) bond motifs is 2. The first-order chi connectivity index (χ1) is 10.2. The van der Waals surface area contributed by atoms with Gasteiger partial charge in [0, 0.05) is 18.0 Å². The van der Waals surface area contributed by atoms with Crippen LogP contribution in [-0.2, 0) is 0 Å². The highest BCUT2D eigenvalue weighted by molar-refractivity contribution is 5.76. The van der Waals surface area contributed by atoms with E-state index in [4.69, 9.17) is 20.6 Å². The van der Waals surface area contributed by atoms with E-state index in [2.05, 4.69) is 6.07 Å². The molecule has 0 aromatic heterocycles. The molecule has 1 aliphatic carbocycles. The average molecular weight is 287 g/mol. The molecule has 0 unspecified atom stereocenters. The molecule has 1 saturated heterocycles. The fourth-order valence-electron chi connectivity index (χ4n) is 4.54. The molecule has 21 heavy (non-hydrogen) atoms. The molecule has 1 saturated carbocycles. The van der Waals surface area contributed by atoms with E-state index in [1.54, 1.807) is 7.11 Å². The summed E-state index contributed by atoms with van der Waals surface area (Å²) in [4.78, 5) is 2.03. The minimum atomic E-state index is -0.221. The number of nitrogens with zero attached hydrogens (tertiary/aromatic N) is 1. The number of rotatable bonds is 1. The predicted octanol–water partition coefficient (Wildman–Crippen LogP) is 2.06. The summed E-state index contributed by atoms with van der Waals surface area (Å²) in [5.74, 6) is 2.18. The van der Waals surface area contributed by atoms with Crippen molar-refractivity contribution < 1.29 is 9.47 Å². The van der Waals surface area contributed by atoms with Gasteiger partial charge in [-0.25, -0.2) is 0 Å². The van der Waals surface area contributed by atoms with Gasteiger partial charge in [-0.2, -0.15) is 0 Å². The van der Waals surface area contributed by atoms with Gasteiger partial charge in [0.1, 0.15) is 5.60 Å². The van der Waals surface area contributed by atoms with E-state index in [1.165, 1.54) is 18.4 Å². The van der Waals surface area contributed by atoms with Crippen molar-refractivity contribution in [1.29, 1.82) is 5.41 Å². The molecule has 0 bridgehead atoms. The average Bonchev–Trinajstić information content (AvgIpc) is 2.96. The second-order valence-electron chi connectivity index (χ2n) is 6.29. The van der Waals surface area contributed by atoms with Gasteiger partial charge in [0.25, 0.3) is 0 Å². The standard InChI is InChI=1S/C16H21N3O2/c1-20-12-6-4-5-10-11-9-19(15(17)18)13-7-2-3-8-16(11,13)21-14(10)12/h4-6,11,13H,2-3,7-9H2,1H3,(H3,17,18)/t11-,13+,16-/m0/s1. The molecule has 0 radical (unpaired) electrons. The van der Waals surface area contributed by atoms with Gasteiger partial charge in [0.2, 0.25) is 0 Å². The van der Waals surface area contributed by atoms with E-state index < -0.39 is 0 Å². The van der Waals surface area contributed by atoms with Crippen molar-refractivity contribution in [2.45, 2.75) is 43.2 Å². The van der Waals surface area contributed by atoms with Crippen molar-refractivity contribution >= 4 is 5.96 Å².